The van der Waals surface area contributed by atoms with Crippen molar-refractivity contribution in [2.45, 2.75) is 25.4 Å². The SMILES string of the molecule is Nc1ncnc2c1c(I)nn2CC1CCCN1C(=O)O. The molecule has 0 aliphatic carbocycles. The van der Waals surface area contributed by atoms with Crippen LogP contribution in [0.25, 0.3) is 11.0 Å². The maximum atomic E-state index is 11.2. The molecule has 20 heavy (non-hydrogen) atoms. The summed E-state index contributed by atoms with van der Waals surface area (Å²) in [5.74, 6) is 0.396. The molecule has 3 N–H and O–H groups in total. The fourth-order valence-electron chi connectivity index (χ4n) is 2.59. The Bertz CT molecular complexity index is 672. The first-order valence-corrected chi connectivity index (χ1v) is 7.28. The number of hydrogen-bond donors (Lipinski definition) is 2. The lowest BCUT2D eigenvalue weighted by Gasteiger charge is -2.21. The van der Waals surface area contributed by atoms with Gasteiger partial charge in [-0.25, -0.2) is 19.4 Å². The minimum absolute atomic E-state index is 0.0670. The number of amides is 1. The van der Waals surface area contributed by atoms with Crippen LogP contribution in [0.3, 0.4) is 0 Å². The topological polar surface area (TPSA) is 110 Å². The molecule has 1 saturated heterocycles. The Morgan fingerprint density at radius 1 is 1.55 bits per heavy atom. The summed E-state index contributed by atoms with van der Waals surface area (Å²) in [6.07, 6.45) is 2.23. The van der Waals surface area contributed by atoms with Crippen LogP contribution in [0.2, 0.25) is 0 Å². The number of rotatable bonds is 2. The van der Waals surface area contributed by atoms with E-state index in [0.717, 1.165) is 21.9 Å². The van der Waals surface area contributed by atoms with Gasteiger partial charge in [-0.15, -0.1) is 0 Å². The van der Waals surface area contributed by atoms with E-state index in [0.29, 0.717) is 24.6 Å². The van der Waals surface area contributed by atoms with Crippen molar-refractivity contribution in [3.8, 4) is 0 Å². The third-order valence-corrected chi connectivity index (χ3v) is 4.28. The first-order valence-electron chi connectivity index (χ1n) is 6.20. The molecule has 106 valence electrons. The minimum Gasteiger partial charge on any atom is -0.465 e. The van der Waals surface area contributed by atoms with Crippen LogP contribution in [-0.2, 0) is 6.54 Å². The van der Waals surface area contributed by atoms with Crippen molar-refractivity contribution in [3.63, 3.8) is 0 Å². The van der Waals surface area contributed by atoms with Gasteiger partial charge in [-0.05, 0) is 35.4 Å². The molecule has 0 saturated carbocycles. The summed E-state index contributed by atoms with van der Waals surface area (Å²) in [6.45, 7) is 1.07. The van der Waals surface area contributed by atoms with E-state index in [2.05, 4.69) is 37.7 Å². The number of carbonyl (C=O) groups is 1. The average Bonchev–Trinajstić information content (AvgIpc) is 2.97. The van der Waals surface area contributed by atoms with E-state index < -0.39 is 6.09 Å². The highest BCUT2D eigenvalue weighted by molar-refractivity contribution is 14.1. The molecule has 1 unspecified atom stereocenters. The summed E-state index contributed by atoms with van der Waals surface area (Å²) >= 11 is 2.09. The van der Waals surface area contributed by atoms with E-state index in [9.17, 15) is 9.90 Å². The summed E-state index contributed by atoms with van der Waals surface area (Å²) in [6, 6.07) is -0.0670. The van der Waals surface area contributed by atoms with E-state index >= 15 is 0 Å². The third-order valence-electron chi connectivity index (χ3n) is 3.52. The molecule has 2 aromatic rings. The number of likely N-dealkylation sites (tertiary alicyclic amines) is 1. The molecule has 1 aliphatic rings. The maximum Gasteiger partial charge on any atom is 0.407 e. The number of nitrogen functional groups attached to an aromatic ring is 1. The first kappa shape index (κ1) is 13.3. The number of hydrogen-bond acceptors (Lipinski definition) is 5. The monoisotopic (exact) mass is 388 g/mol. The lowest BCUT2D eigenvalue weighted by atomic mass is 10.2. The fraction of sp³-hybridized carbons (Fsp3) is 0.455. The Morgan fingerprint density at radius 2 is 2.35 bits per heavy atom. The maximum absolute atomic E-state index is 11.2. The van der Waals surface area contributed by atoms with Gasteiger partial charge in [0, 0.05) is 6.54 Å². The van der Waals surface area contributed by atoms with Crippen molar-refractivity contribution >= 4 is 45.5 Å². The second-order valence-corrected chi connectivity index (χ2v) is 5.72. The molecule has 9 heteroatoms. The minimum atomic E-state index is -0.882. The van der Waals surface area contributed by atoms with Crippen LogP contribution in [-0.4, -0.2) is 48.4 Å². The van der Waals surface area contributed by atoms with Crippen molar-refractivity contribution < 1.29 is 9.90 Å². The van der Waals surface area contributed by atoms with Gasteiger partial charge < -0.3 is 15.7 Å². The van der Waals surface area contributed by atoms with Crippen LogP contribution in [0.1, 0.15) is 12.8 Å². The zero-order chi connectivity index (χ0) is 14.3. The van der Waals surface area contributed by atoms with E-state index in [-0.39, 0.29) is 6.04 Å². The summed E-state index contributed by atoms with van der Waals surface area (Å²) in [4.78, 5) is 20.8. The zero-order valence-electron chi connectivity index (χ0n) is 10.5. The number of nitrogens with zero attached hydrogens (tertiary/aromatic N) is 5. The fourth-order valence-corrected chi connectivity index (χ4v) is 3.37. The largest absolute Gasteiger partial charge is 0.465 e. The van der Waals surface area contributed by atoms with E-state index in [1.54, 1.807) is 4.68 Å². The predicted molar refractivity (Wildman–Crippen MR) is 80.2 cm³/mol. The highest BCUT2D eigenvalue weighted by atomic mass is 127. The standard InChI is InChI=1S/C11H13IN6O2/c12-8-7-9(13)14-5-15-10(7)18(16-8)4-6-2-1-3-17(6)11(19)20/h5-6H,1-4H2,(H,19,20)(H2,13,14,15). The lowest BCUT2D eigenvalue weighted by Crippen LogP contribution is -2.37. The van der Waals surface area contributed by atoms with E-state index in [1.165, 1.54) is 11.2 Å². The predicted octanol–water partition coefficient (Wildman–Crippen LogP) is 1.16. The summed E-state index contributed by atoms with van der Waals surface area (Å²) in [5.41, 5.74) is 6.49. The van der Waals surface area contributed by atoms with Gasteiger partial charge in [0.25, 0.3) is 0 Å². The Kier molecular flexibility index (Phi) is 3.36. The van der Waals surface area contributed by atoms with E-state index in [1.807, 2.05) is 0 Å². The van der Waals surface area contributed by atoms with Crippen molar-refractivity contribution in [2.75, 3.05) is 12.3 Å². The normalized spacial score (nSPS) is 18.9. The van der Waals surface area contributed by atoms with Crippen molar-refractivity contribution in [3.05, 3.63) is 10.0 Å². The molecular weight excluding hydrogens is 375 g/mol. The molecule has 1 fully saturated rings. The van der Waals surface area contributed by atoms with Gasteiger partial charge in [-0.3, -0.25) is 0 Å². The van der Waals surface area contributed by atoms with Crippen LogP contribution in [0.5, 0.6) is 0 Å². The van der Waals surface area contributed by atoms with Crippen molar-refractivity contribution in [1.29, 1.82) is 0 Å². The van der Waals surface area contributed by atoms with Gasteiger partial charge >= 0.3 is 6.09 Å². The number of fused-ring (bicyclic) bond motifs is 1. The summed E-state index contributed by atoms with van der Waals surface area (Å²) in [7, 11) is 0. The van der Waals surface area contributed by atoms with E-state index in [4.69, 9.17) is 5.73 Å². The molecule has 3 heterocycles. The molecule has 1 aliphatic heterocycles. The third kappa shape index (κ3) is 2.15. The smallest absolute Gasteiger partial charge is 0.407 e. The van der Waals surface area contributed by atoms with Crippen molar-refractivity contribution in [2.24, 2.45) is 0 Å². The summed E-state index contributed by atoms with van der Waals surface area (Å²) < 4.78 is 2.46. The Hall–Kier alpha value is -1.65. The second kappa shape index (κ2) is 5.04. The van der Waals surface area contributed by atoms with Crippen LogP contribution in [0.15, 0.2) is 6.33 Å². The molecule has 1 amide bonds. The Morgan fingerprint density at radius 3 is 3.10 bits per heavy atom. The molecule has 0 spiro atoms. The highest BCUT2D eigenvalue weighted by Crippen LogP contribution is 2.25. The second-order valence-electron chi connectivity index (χ2n) is 4.70. The highest BCUT2D eigenvalue weighted by Gasteiger charge is 2.29. The van der Waals surface area contributed by atoms with Gasteiger partial charge in [-0.1, -0.05) is 0 Å². The van der Waals surface area contributed by atoms with Gasteiger partial charge in [-0.2, -0.15) is 5.10 Å². The Labute approximate surface area is 128 Å². The van der Waals surface area contributed by atoms with Gasteiger partial charge in [0.1, 0.15) is 15.8 Å². The van der Waals surface area contributed by atoms with Crippen LogP contribution >= 0.6 is 22.6 Å². The quantitative estimate of drug-likeness (QED) is 0.748. The number of aromatic nitrogens is 4. The molecule has 8 nitrogen and oxygen atoms in total. The number of nitrogens with two attached hydrogens (primary N) is 1. The number of halogens is 1. The average molecular weight is 388 g/mol. The van der Waals surface area contributed by atoms with Crippen LogP contribution < -0.4 is 5.73 Å². The Balaban J connectivity index is 1.96. The molecule has 0 radical (unpaired) electrons. The van der Waals surface area contributed by atoms with Gasteiger partial charge in [0.05, 0.1) is 18.0 Å². The molecule has 1 atom stereocenters. The van der Waals surface area contributed by atoms with Gasteiger partial charge in [0.2, 0.25) is 0 Å². The number of anilines is 1. The van der Waals surface area contributed by atoms with Crippen LogP contribution in [0, 0.1) is 3.70 Å². The lowest BCUT2D eigenvalue weighted by molar-refractivity contribution is 0.135. The molecule has 0 aromatic carbocycles. The number of carboxylic acid groups (broad SMARTS) is 1. The molecule has 0 bridgehead atoms. The summed E-state index contributed by atoms with van der Waals surface area (Å²) in [5, 5.41) is 14.3. The van der Waals surface area contributed by atoms with Crippen LogP contribution in [0.4, 0.5) is 10.6 Å². The van der Waals surface area contributed by atoms with Crippen molar-refractivity contribution in [1.82, 2.24) is 24.6 Å². The molecule has 2 aromatic heterocycles. The zero-order valence-corrected chi connectivity index (χ0v) is 12.7. The first-order chi connectivity index (χ1) is 9.58. The molecule has 3 rings (SSSR count). The van der Waals surface area contributed by atoms with Gasteiger partial charge in [0.15, 0.2) is 5.65 Å². The molecular formula is C11H13IN6O2.